The summed E-state index contributed by atoms with van der Waals surface area (Å²) in [7, 11) is 0. The number of nitrogens with zero attached hydrogens (tertiary/aromatic N) is 1. The molecule has 1 rings (SSSR count). The lowest BCUT2D eigenvalue weighted by Gasteiger charge is -2.06. The highest BCUT2D eigenvalue weighted by molar-refractivity contribution is 5.34. The molecule has 0 heterocycles. The second kappa shape index (κ2) is 7.16. The van der Waals surface area contributed by atoms with Crippen LogP contribution in [0, 0.1) is 10.1 Å². The van der Waals surface area contributed by atoms with Gasteiger partial charge in [-0.15, -0.1) is 0 Å². The Hall–Kier alpha value is -1.17. The molecular formula is C10H14ClN2O3-. The average Bonchev–Trinajstić information content (AvgIpc) is 2.17. The van der Waals surface area contributed by atoms with Gasteiger partial charge in [-0.05, 0) is 12.5 Å². The molecule has 5 nitrogen and oxygen atoms in total. The molecule has 0 aliphatic rings. The predicted molar refractivity (Wildman–Crippen MR) is 56.5 cm³/mol. The zero-order chi connectivity index (χ0) is 11.3. The smallest absolute Gasteiger partial charge is 0.269 e. The van der Waals surface area contributed by atoms with Gasteiger partial charge >= 0.3 is 0 Å². The van der Waals surface area contributed by atoms with Crippen molar-refractivity contribution in [1.82, 2.24) is 5.32 Å². The molecule has 2 N–H and O–H groups in total. The Balaban J connectivity index is 0.00000225. The second-order valence-electron chi connectivity index (χ2n) is 3.41. The second-order valence-corrected chi connectivity index (χ2v) is 3.41. The number of benzene rings is 1. The third-order valence-electron chi connectivity index (χ3n) is 1.89. The van der Waals surface area contributed by atoms with E-state index in [-0.39, 0.29) is 18.1 Å². The van der Waals surface area contributed by atoms with E-state index >= 15 is 0 Å². The third kappa shape index (κ3) is 5.06. The maximum absolute atomic E-state index is 10.5. The van der Waals surface area contributed by atoms with E-state index in [1.165, 1.54) is 12.1 Å². The minimum atomic E-state index is -0.418. The monoisotopic (exact) mass is 245 g/mol. The number of aliphatic hydroxyl groups excluding tert-OH is 1. The molecule has 0 radical (unpaired) electrons. The van der Waals surface area contributed by atoms with Crippen LogP contribution < -0.4 is 17.7 Å². The summed E-state index contributed by atoms with van der Waals surface area (Å²) in [6, 6.07) is 6.44. The number of nitro benzene ring substituents is 1. The van der Waals surface area contributed by atoms with Gasteiger partial charge in [0.1, 0.15) is 0 Å². The standard InChI is InChI=1S/C10H14N2O3.ClH/c1-8(13)6-11-7-9-3-2-4-10(5-9)12(14)15;/h2-5,8,11,13H,6-7H2,1H3;1H/p-1. The largest absolute Gasteiger partial charge is 1.00 e. The predicted octanol–water partition coefficient (Wildman–Crippen LogP) is -1.93. The van der Waals surface area contributed by atoms with Crippen molar-refractivity contribution >= 4 is 5.69 Å². The first-order valence-corrected chi connectivity index (χ1v) is 4.71. The number of nitrogens with one attached hydrogen (secondary N) is 1. The van der Waals surface area contributed by atoms with Gasteiger partial charge in [0.2, 0.25) is 0 Å². The highest BCUT2D eigenvalue weighted by atomic mass is 35.5. The van der Waals surface area contributed by atoms with Gasteiger partial charge in [-0.1, -0.05) is 12.1 Å². The molecule has 0 saturated heterocycles. The van der Waals surface area contributed by atoms with Crippen LogP contribution in [0.3, 0.4) is 0 Å². The van der Waals surface area contributed by atoms with Gasteiger partial charge in [-0.3, -0.25) is 10.1 Å². The maximum Gasteiger partial charge on any atom is 0.269 e. The van der Waals surface area contributed by atoms with Crippen molar-refractivity contribution in [3.05, 3.63) is 39.9 Å². The minimum absolute atomic E-state index is 0. The first-order chi connectivity index (χ1) is 7.09. The molecular weight excluding hydrogens is 232 g/mol. The molecule has 1 unspecified atom stereocenters. The summed E-state index contributed by atoms with van der Waals surface area (Å²) in [5.74, 6) is 0. The van der Waals surface area contributed by atoms with Gasteiger partial charge in [0.15, 0.2) is 0 Å². The minimum Gasteiger partial charge on any atom is -1.00 e. The quantitative estimate of drug-likeness (QED) is 0.468. The first-order valence-electron chi connectivity index (χ1n) is 4.71. The van der Waals surface area contributed by atoms with E-state index in [4.69, 9.17) is 5.11 Å². The molecule has 90 valence electrons. The van der Waals surface area contributed by atoms with Gasteiger partial charge in [-0.2, -0.15) is 0 Å². The SMILES string of the molecule is CC(O)CNCc1cccc([N+](=O)[O-])c1.[Cl-]. The summed E-state index contributed by atoms with van der Waals surface area (Å²) in [4.78, 5) is 10.1. The van der Waals surface area contributed by atoms with E-state index in [0.29, 0.717) is 13.1 Å². The first kappa shape index (κ1) is 14.8. The van der Waals surface area contributed by atoms with E-state index in [0.717, 1.165) is 5.56 Å². The highest BCUT2D eigenvalue weighted by Gasteiger charge is 2.05. The van der Waals surface area contributed by atoms with Crippen LogP contribution >= 0.6 is 0 Å². The fourth-order valence-corrected chi connectivity index (χ4v) is 1.21. The molecule has 0 aliphatic heterocycles. The lowest BCUT2D eigenvalue weighted by atomic mass is 10.2. The third-order valence-corrected chi connectivity index (χ3v) is 1.89. The molecule has 6 heteroatoms. The highest BCUT2D eigenvalue weighted by Crippen LogP contribution is 2.12. The number of halogens is 1. The van der Waals surface area contributed by atoms with Crippen LogP contribution in [0.5, 0.6) is 0 Å². The molecule has 0 amide bonds. The van der Waals surface area contributed by atoms with Crippen molar-refractivity contribution in [1.29, 1.82) is 0 Å². The Morgan fingerprint density at radius 3 is 2.81 bits per heavy atom. The van der Waals surface area contributed by atoms with Crippen LogP contribution in [0.2, 0.25) is 0 Å². The summed E-state index contributed by atoms with van der Waals surface area (Å²) in [5.41, 5.74) is 0.927. The van der Waals surface area contributed by atoms with Crippen LogP contribution in [0.15, 0.2) is 24.3 Å². The summed E-state index contributed by atoms with van der Waals surface area (Å²) >= 11 is 0. The number of rotatable bonds is 5. The number of aliphatic hydroxyl groups is 1. The van der Waals surface area contributed by atoms with Gasteiger partial charge in [0.25, 0.3) is 5.69 Å². The fourth-order valence-electron chi connectivity index (χ4n) is 1.21. The van der Waals surface area contributed by atoms with E-state index < -0.39 is 11.0 Å². The topological polar surface area (TPSA) is 75.4 Å². The van der Waals surface area contributed by atoms with Crippen LogP contribution in [0.4, 0.5) is 5.69 Å². The van der Waals surface area contributed by atoms with E-state index in [1.54, 1.807) is 13.0 Å². The lowest BCUT2D eigenvalue weighted by molar-refractivity contribution is -0.384. The zero-order valence-electron chi connectivity index (χ0n) is 8.89. The van der Waals surface area contributed by atoms with E-state index in [9.17, 15) is 10.1 Å². The zero-order valence-corrected chi connectivity index (χ0v) is 9.65. The van der Waals surface area contributed by atoms with E-state index in [1.807, 2.05) is 6.07 Å². The normalized spacial score (nSPS) is 11.6. The Bertz CT molecular complexity index is 345. The van der Waals surface area contributed by atoms with Gasteiger partial charge < -0.3 is 22.8 Å². The number of hydrogen-bond donors (Lipinski definition) is 2. The summed E-state index contributed by atoms with van der Waals surface area (Å²) in [6.45, 7) is 2.68. The van der Waals surface area contributed by atoms with Crippen LogP contribution in [0.1, 0.15) is 12.5 Å². The Kier molecular flexibility index (Phi) is 6.64. The molecule has 16 heavy (non-hydrogen) atoms. The average molecular weight is 246 g/mol. The molecule has 1 aromatic rings. The molecule has 0 fully saturated rings. The van der Waals surface area contributed by atoms with Crippen molar-refractivity contribution in [2.45, 2.75) is 19.6 Å². The van der Waals surface area contributed by atoms with Crippen molar-refractivity contribution in [2.75, 3.05) is 6.54 Å². The van der Waals surface area contributed by atoms with E-state index in [2.05, 4.69) is 5.32 Å². The molecule has 0 saturated carbocycles. The van der Waals surface area contributed by atoms with Gasteiger partial charge in [-0.25, -0.2) is 0 Å². The number of hydrogen-bond acceptors (Lipinski definition) is 4. The Labute approximate surface area is 100 Å². The molecule has 0 aromatic heterocycles. The van der Waals surface area contributed by atoms with Crippen LogP contribution in [-0.4, -0.2) is 22.7 Å². The lowest BCUT2D eigenvalue weighted by Crippen LogP contribution is -3.00. The van der Waals surface area contributed by atoms with Crippen molar-refractivity contribution in [3.63, 3.8) is 0 Å². The molecule has 1 aromatic carbocycles. The Morgan fingerprint density at radius 2 is 2.25 bits per heavy atom. The van der Waals surface area contributed by atoms with Gasteiger partial charge in [0.05, 0.1) is 11.0 Å². The maximum atomic E-state index is 10.5. The summed E-state index contributed by atoms with van der Waals surface area (Å²) < 4.78 is 0. The van der Waals surface area contributed by atoms with Crippen LogP contribution in [0.25, 0.3) is 0 Å². The molecule has 0 spiro atoms. The van der Waals surface area contributed by atoms with Crippen molar-refractivity contribution in [3.8, 4) is 0 Å². The van der Waals surface area contributed by atoms with Crippen molar-refractivity contribution in [2.24, 2.45) is 0 Å². The molecule has 1 atom stereocenters. The Morgan fingerprint density at radius 1 is 1.56 bits per heavy atom. The molecule has 0 bridgehead atoms. The number of non-ortho nitro benzene ring substituents is 1. The van der Waals surface area contributed by atoms with Gasteiger partial charge in [0, 0.05) is 25.2 Å². The van der Waals surface area contributed by atoms with Crippen molar-refractivity contribution < 1.29 is 22.4 Å². The molecule has 0 aliphatic carbocycles. The van der Waals surface area contributed by atoms with Crippen LogP contribution in [-0.2, 0) is 6.54 Å². The fraction of sp³-hybridized carbons (Fsp3) is 0.400. The summed E-state index contributed by atoms with van der Waals surface area (Å²) in [6.07, 6.45) is -0.413. The number of nitro groups is 1. The summed E-state index contributed by atoms with van der Waals surface area (Å²) in [5, 5.41) is 22.5.